The standard InChI is InChI=1S/C23H21NSi/c1-24-20-14-12-17-9-5-7-11-19(17)23(20)25(2,3)21-15-13-16-8-4-6-10-18(16)22(21)24/h4-15H,1-3H3. The van der Waals surface area contributed by atoms with Crippen LogP contribution in [0.15, 0.2) is 72.8 Å². The zero-order valence-electron chi connectivity index (χ0n) is 14.9. The molecular weight excluding hydrogens is 318 g/mol. The molecule has 1 aliphatic rings. The molecule has 5 rings (SSSR count). The molecule has 0 aliphatic carbocycles. The lowest BCUT2D eigenvalue weighted by atomic mass is 10.1. The van der Waals surface area contributed by atoms with Gasteiger partial charge in [-0.2, -0.15) is 0 Å². The van der Waals surface area contributed by atoms with Crippen molar-refractivity contribution in [2.45, 2.75) is 13.1 Å². The maximum absolute atomic E-state index is 2.50. The van der Waals surface area contributed by atoms with Crippen molar-refractivity contribution in [2.75, 3.05) is 11.9 Å². The molecule has 122 valence electrons. The van der Waals surface area contributed by atoms with Crippen LogP contribution in [0.1, 0.15) is 0 Å². The molecule has 0 radical (unpaired) electrons. The van der Waals surface area contributed by atoms with Crippen molar-refractivity contribution < 1.29 is 0 Å². The average molecular weight is 340 g/mol. The van der Waals surface area contributed by atoms with Crippen molar-refractivity contribution in [3.63, 3.8) is 0 Å². The van der Waals surface area contributed by atoms with Crippen LogP contribution in [0.5, 0.6) is 0 Å². The minimum absolute atomic E-state index is 1.32. The van der Waals surface area contributed by atoms with E-state index in [1.807, 2.05) is 0 Å². The predicted octanol–water partition coefficient (Wildman–Crippen LogP) is 4.90. The molecule has 0 fully saturated rings. The summed E-state index contributed by atoms with van der Waals surface area (Å²) in [6.07, 6.45) is 0. The molecule has 0 bridgehead atoms. The molecule has 0 spiro atoms. The van der Waals surface area contributed by atoms with Gasteiger partial charge in [0, 0.05) is 23.8 Å². The van der Waals surface area contributed by atoms with Crippen LogP contribution in [0.2, 0.25) is 13.1 Å². The van der Waals surface area contributed by atoms with Crippen LogP contribution in [0.25, 0.3) is 21.5 Å². The number of benzene rings is 4. The quantitative estimate of drug-likeness (QED) is 0.412. The van der Waals surface area contributed by atoms with Gasteiger partial charge < -0.3 is 4.90 Å². The first-order valence-electron chi connectivity index (χ1n) is 8.87. The van der Waals surface area contributed by atoms with Gasteiger partial charge in [0.2, 0.25) is 0 Å². The van der Waals surface area contributed by atoms with E-state index in [-0.39, 0.29) is 0 Å². The topological polar surface area (TPSA) is 3.24 Å². The van der Waals surface area contributed by atoms with Crippen molar-refractivity contribution in [1.82, 2.24) is 0 Å². The third-order valence-electron chi connectivity index (χ3n) is 5.80. The van der Waals surface area contributed by atoms with Crippen LogP contribution in [0.3, 0.4) is 0 Å². The number of hydrogen-bond acceptors (Lipinski definition) is 1. The second kappa shape index (κ2) is 4.96. The lowest BCUT2D eigenvalue weighted by Gasteiger charge is -2.40. The molecule has 0 unspecified atom stereocenters. The van der Waals surface area contributed by atoms with E-state index in [1.54, 1.807) is 5.19 Å². The summed E-state index contributed by atoms with van der Waals surface area (Å²) in [5, 5.41) is 8.55. The molecule has 1 nitrogen and oxygen atoms in total. The van der Waals surface area contributed by atoms with E-state index >= 15 is 0 Å². The number of hydrogen-bond donors (Lipinski definition) is 0. The first kappa shape index (κ1) is 14.7. The van der Waals surface area contributed by atoms with Crippen LogP contribution in [-0.4, -0.2) is 15.1 Å². The van der Waals surface area contributed by atoms with Crippen molar-refractivity contribution in [2.24, 2.45) is 0 Å². The van der Waals surface area contributed by atoms with E-state index < -0.39 is 8.07 Å². The Balaban J connectivity index is 1.93. The van der Waals surface area contributed by atoms with E-state index in [0.29, 0.717) is 0 Å². The first-order valence-corrected chi connectivity index (χ1v) is 11.9. The van der Waals surface area contributed by atoms with E-state index in [4.69, 9.17) is 0 Å². The molecule has 4 aromatic carbocycles. The van der Waals surface area contributed by atoms with E-state index in [9.17, 15) is 0 Å². The Morgan fingerprint density at radius 2 is 1.28 bits per heavy atom. The third kappa shape index (κ3) is 1.89. The highest BCUT2D eigenvalue weighted by molar-refractivity contribution is 7.04. The molecule has 0 amide bonds. The summed E-state index contributed by atoms with van der Waals surface area (Å²) in [7, 11) is 0.428. The van der Waals surface area contributed by atoms with Crippen molar-refractivity contribution in [1.29, 1.82) is 0 Å². The second-order valence-corrected chi connectivity index (χ2v) is 11.8. The zero-order valence-corrected chi connectivity index (χ0v) is 15.9. The molecule has 1 heterocycles. The van der Waals surface area contributed by atoms with Gasteiger partial charge in [-0.15, -0.1) is 0 Å². The normalized spacial score (nSPS) is 15.2. The Morgan fingerprint density at radius 1 is 0.680 bits per heavy atom. The molecule has 0 N–H and O–H groups in total. The van der Waals surface area contributed by atoms with Crippen LogP contribution in [0.4, 0.5) is 11.4 Å². The summed E-state index contributed by atoms with van der Waals surface area (Å²) in [5.74, 6) is 0. The SMILES string of the molecule is CN1c2ccc3ccccc3c2[Si](C)(C)c2ccc3ccccc3c21. The number of fused-ring (bicyclic) bond motifs is 6. The van der Waals surface area contributed by atoms with Gasteiger partial charge >= 0.3 is 0 Å². The Morgan fingerprint density at radius 3 is 2.04 bits per heavy atom. The fourth-order valence-electron chi connectivity index (χ4n) is 4.57. The first-order chi connectivity index (χ1) is 12.1. The summed E-state index contributed by atoms with van der Waals surface area (Å²) in [6.45, 7) is 5.00. The van der Waals surface area contributed by atoms with Gasteiger partial charge in [-0.1, -0.05) is 79.8 Å². The monoisotopic (exact) mass is 339 g/mol. The Labute approximate surface area is 149 Å². The van der Waals surface area contributed by atoms with Gasteiger partial charge in [0.25, 0.3) is 0 Å². The average Bonchev–Trinajstić information content (AvgIpc) is 2.64. The smallest absolute Gasteiger partial charge is 0.118 e. The van der Waals surface area contributed by atoms with Gasteiger partial charge in [-0.25, -0.2) is 0 Å². The number of anilines is 2. The van der Waals surface area contributed by atoms with Gasteiger partial charge in [0.1, 0.15) is 8.07 Å². The molecule has 4 aromatic rings. The molecule has 2 heteroatoms. The molecule has 0 saturated heterocycles. The molecule has 0 atom stereocenters. The molecule has 1 aliphatic heterocycles. The van der Waals surface area contributed by atoms with Gasteiger partial charge in [0.15, 0.2) is 0 Å². The third-order valence-corrected chi connectivity index (χ3v) is 9.33. The summed E-state index contributed by atoms with van der Waals surface area (Å²) >= 11 is 0. The van der Waals surface area contributed by atoms with Crippen LogP contribution >= 0.6 is 0 Å². The Kier molecular flexibility index (Phi) is 2.92. The molecule has 25 heavy (non-hydrogen) atoms. The van der Waals surface area contributed by atoms with Crippen LogP contribution in [0, 0.1) is 0 Å². The predicted molar refractivity (Wildman–Crippen MR) is 113 cm³/mol. The number of nitrogens with zero attached hydrogens (tertiary/aromatic N) is 1. The zero-order chi connectivity index (χ0) is 17.2. The van der Waals surface area contributed by atoms with Crippen LogP contribution in [-0.2, 0) is 0 Å². The van der Waals surface area contributed by atoms with E-state index in [2.05, 4.69) is 97.8 Å². The highest BCUT2D eigenvalue weighted by atomic mass is 28.3. The molecule has 0 saturated carbocycles. The van der Waals surface area contributed by atoms with Crippen LogP contribution < -0.4 is 15.3 Å². The fraction of sp³-hybridized carbons (Fsp3) is 0.130. The Bertz CT molecular complexity index is 1140. The molecule has 0 aromatic heterocycles. The lowest BCUT2D eigenvalue weighted by molar-refractivity contribution is 1.23. The van der Waals surface area contributed by atoms with E-state index in [1.165, 1.54) is 38.1 Å². The summed E-state index contributed by atoms with van der Waals surface area (Å²) in [5.41, 5.74) is 2.77. The van der Waals surface area contributed by atoms with Gasteiger partial charge in [-0.05, 0) is 32.6 Å². The highest BCUT2D eigenvalue weighted by Gasteiger charge is 2.38. The lowest BCUT2D eigenvalue weighted by Crippen LogP contribution is -2.59. The maximum atomic E-state index is 2.50. The van der Waals surface area contributed by atoms with Gasteiger partial charge in [0.05, 0.1) is 0 Å². The summed E-state index contributed by atoms with van der Waals surface area (Å²) in [4.78, 5) is 2.41. The number of rotatable bonds is 0. The van der Waals surface area contributed by atoms with Gasteiger partial charge in [-0.3, -0.25) is 0 Å². The summed E-state index contributed by atoms with van der Waals surface area (Å²) < 4.78 is 0. The van der Waals surface area contributed by atoms with Crippen molar-refractivity contribution in [3.05, 3.63) is 72.8 Å². The molecular formula is C23H21NSi. The Hall–Kier alpha value is -2.58. The highest BCUT2D eigenvalue weighted by Crippen LogP contribution is 2.37. The minimum atomic E-state index is -1.80. The van der Waals surface area contributed by atoms with Crippen molar-refractivity contribution >= 4 is 51.4 Å². The largest absolute Gasteiger partial charge is 0.344 e. The second-order valence-electron chi connectivity index (χ2n) is 7.55. The maximum Gasteiger partial charge on any atom is 0.118 e. The summed E-state index contributed by atoms with van der Waals surface area (Å²) in [6, 6.07) is 26.9. The fourth-order valence-corrected chi connectivity index (χ4v) is 8.03. The minimum Gasteiger partial charge on any atom is -0.344 e. The van der Waals surface area contributed by atoms with Crippen molar-refractivity contribution in [3.8, 4) is 0 Å². The van der Waals surface area contributed by atoms with E-state index in [0.717, 1.165) is 0 Å².